The fraction of sp³-hybridized carbons (Fsp3) is 0.250. The Bertz CT molecular complexity index is 1150. The molecule has 0 fully saturated rings. The maximum atomic E-state index is 13.0. The standard InChI is InChI=1S/C24H27F3N4O6/c1-14(32)11-18(31-23(28)29-16-7-10-20(35-3)21(12-16)36-4)22(33)30-19(13-34-2)15-5-8-17(9-6-15)37-24(25,26)27/h5-12,19,32H,1,13H2,2-4H3,(H,30,33)(H3,28,29,31)/b18-11-. The zero-order chi connectivity index (χ0) is 27.6. The first-order valence-electron chi connectivity index (χ1n) is 10.5. The second kappa shape index (κ2) is 13.1. The molecule has 0 spiro atoms. The molecule has 0 heterocycles. The summed E-state index contributed by atoms with van der Waals surface area (Å²) in [6.45, 7) is 3.30. The summed E-state index contributed by atoms with van der Waals surface area (Å²) in [5.41, 5.74) is 6.54. The molecule has 5 N–H and O–H groups in total. The summed E-state index contributed by atoms with van der Waals surface area (Å²) in [6.07, 6.45) is -3.85. The third kappa shape index (κ3) is 9.29. The van der Waals surface area contributed by atoms with E-state index in [4.69, 9.17) is 19.9 Å². The van der Waals surface area contributed by atoms with Gasteiger partial charge in [-0.3, -0.25) is 4.79 Å². The molecule has 10 nitrogen and oxygen atoms in total. The second-order valence-corrected chi connectivity index (χ2v) is 7.31. The molecular weight excluding hydrogens is 497 g/mol. The average molecular weight is 524 g/mol. The zero-order valence-corrected chi connectivity index (χ0v) is 20.3. The molecule has 0 aliphatic rings. The smallest absolute Gasteiger partial charge is 0.509 e. The number of nitrogens with one attached hydrogen (secondary N) is 2. The number of methoxy groups -OCH3 is 3. The van der Waals surface area contributed by atoms with Gasteiger partial charge in [0.25, 0.3) is 5.91 Å². The lowest BCUT2D eigenvalue weighted by atomic mass is 10.1. The number of anilines is 1. The highest BCUT2D eigenvalue weighted by Crippen LogP contribution is 2.29. The molecule has 0 saturated heterocycles. The minimum Gasteiger partial charge on any atom is -0.509 e. The van der Waals surface area contributed by atoms with Crippen LogP contribution in [-0.2, 0) is 9.53 Å². The predicted octanol–water partition coefficient (Wildman–Crippen LogP) is 3.79. The van der Waals surface area contributed by atoms with Crippen molar-refractivity contribution < 1.29 is 42.0 Å². The number of rotatable bonds is 11. The molecule has 0 aliphatic heterocycles. The van der Waals surface area contributed by atoms with Gasteiger partial charge in [-0.1, -0.05) is 18.7 Å². The van der Waals surface area contributed by atoms with Crippen molar-refractivity contribution in [2.75, 3.05) is 33.3 Å². The van der Waals surface area contributed by atoms with Crippen LogP contribution in [0.3, 0.4) is 0 Å². The number of ether oxygens (including phenoxy) is 4. The number of aliphatic hydroxyl groups is 1. The number of nitrogens with two attached hydrogens (primary N) is 1. The van der Waals surface area contributed by atoms with Gasteiger partial charge in [-0.15, -0.1) is 13.2 Å². The number of carbonyl (C=O) groups excluding carboxylic acids is 1. The molecule has 13 heteroatoms. The molecule has 0 bridgehead atoms. The average Bonchev–Trinajstić information content (AvgIpc) is 2.82. The molecule has 1 atom stereocenters. The predicted molar refractivity (Wildman–Crippen MR) is 131 cm³/mol. The minimum atomic E-state index is -4.84. The van der Waals surface area contributed by atoms with Crippen molar-refractivity contribution in [1.82, 2.24) is 5.32 Å². The molecule has 1 unspecified atom stereocenters. The Balaban J connectivity index is 2.24. The van der Waals surface area contributed by atoms with Crippen LogP contribution in [-0.4, -0.2) is 51.3 Å². The first-order chi connectivity index (χ1) is 17.4. The number of nitrogens with zero attached hydrogens (tertiary/aromatic N) is 1. The Morgan fingerprint density at radius 3 is 2.32 bits per heavy atom. The highest BCUT2D eigenvalue weighted by Gasteiger charge is 2.31. The van der Waals surface area contributed by atoms with Gasteiger partial charge in [-0.05, 0) is 29.8 Å². The van der Waals surface area contributed by atoms with Gasteiger partial charge < -0.3 is 40.4 Å². The number of alkyl halides is 3. The molecule has 200 valence electrons. The summed E-state index contributed by atoms with van der Waals surface area (Å²) < 4.78 is 56.7. The largest absolute Gasteiger partial charge is 0.573 e. The Hall–Kier alpha value is -4.39. The number of hydrogen-bond donors (Lipinski definition) is 4. The van der Waals surface area contributed by atoms with Crippen molar-refractivity contribution in [3.8, 4) is 17.2 Å². The quantitative estimate of drug-likeness (QED) is 0.115. The third-order valence-electron chi connectivity index (χ3n) is 4.59. The Morgan fingerprint density at radius 1 is 1.14 bits per heavy atom. The fourth-order valence-electron chi connectivity index (χ4n) is 3.05. The summed E-state index contributed by atoms with van der Waals surface area (Å²) in [7, 11) is 4.33. The van der Waals surface area contributed by atoms with Crippen LogP contribution >= 0.6 is 0 Å². The first kappa shape index (κ1) is 28.8. The number of aliphatic imine (C=N–C) groups is 1. The van der Waals surface area contributed by atoms with E-state index in [9.17, 15) is 23.1 Å². The van der Waals surface area contributed by atoms with E-state index < -0.39 is 29.8 Å². The van der Waals surface area contributed by atoms with Crippen molar-refractivity contribution in [1.29, 1.82) is 0 Å². The van der Waals surface area contributed by atoms with Gasteiger partial charge >= 0.3 is 6.36 Å². The summed E-state index contributed by atoms with van der Waals surface area (Å²) in [5, 5.41) is 15.1. The molecule has 1 amide bonds. The van der Waals surface area contributed by atoms with Crippen LogP contribution in [0.4, 0.5) is 18.9 Å². The molecule has 2 rings (SSSR count). The fourth-order valence-corrected chi connectivity index (χ4v) is 3.05. The lowest BCUT2D eigenvalue weighted by molar-refractivity contribution is -0.274. The van der Waals surface area contributed by atoms with Crippen LogP contribution < -0.4 is 30.6 Å². The normalized spacial score (nSPS) is 12.9. The Kier molecular flexibility index (Phi) is 10.2. The summed E-state index contributed by atoms with van der Waals surface area (Å²) >= 11 is 0. The van der Waals surface area contributed by atoms with Crippen LogP contribution in [0.15, 0.2) is 71.6 Å². The number of hydrogen-bond acceptors (Lipinski definition) is 7. The molecule has 0 aromatic heterocycles. The van der Waals surface area contributed by atoms with Gasteiger partial charge in [0, 0.05) is 24.9 Å². The van der Waals surface area contributed by atoms with Crippen LogP contribution in [0.25, 0.3) is 0 Å². The van der Waals surface area contributed by atoms with Crippen molar-refractivity contribution in [2.24, 2.45) is 10.7 Å². The van der Waals surface area contributed by atoms with E-state index in [0.717, 1.165) is 18.2 Å². The van der Waals surface area contributed by atoms with Crippen molar-refractivity contribution in [3.63, 3.8) is 0 Å². The highest BCUT2D eigenvalue weighted by molar-refractivity contribution is 6.00. The van der Waals surface area contributed by atoms with Gasteiger partial charge in [0.15, 0.2) is 17.5 Å². The molecule has 2 aromatic rings. The van der Waals surface area contributed by atoms with E-state index in [1.54, 1.807) is 18.2 Å². The van der Waals surface area contributed by atoms with Gasteiger partial charge in [0.2, 0.25) is 0 Å². The van der Waals surface area contributed by atoms with Crippen molar-refractivity contribution >= 4 is 17.6 Å². The molecule has 37 heavy (non-hydrogen) atoms. The minimum absolute atomic E-state index is 0.0261. The third-order valence-corrected chi connectivity index (χ3v) is 4.59. The van der Waals surface area contributed by atoms with Gasteiger partial charge in [-0.25, -0.2) is 4.99 Å². The van der Waals surface area contributed by atoms with E-state index in [-0.39, 0.29) is 18.3 Å². The summed E-state index contributed by atoms with van der Waals surface area (Å²) in [4.78, 5) is 17.0. The lowest BCUT2D eigenvalue weighted by Crippen LogP contribution is -2.33. The molecular formula is C24H27F3N4O6. The van der Waals surface area contributed by atoms with E-state index >= 15 is 0 Å². The van der Waals surface area contributed by atoms with Crippen molar-refractivity contribution in [2.45, 2.75) is 12.4 Å². The maximum Gasteiger partial charge on any atom is 0.573 e. The topological polar surface area (TPSA) is 137 Å². The number of aliphatic hydroxyl groups excluding tert-OH is 1. The van der Waals surface area contributed by atoms with E-state index in [2.05, 4.69) is 26.9 Å². The molecule has 2 aromatic carbocycles. The highest BCUT2D eigenvalue weighted by atomic mass is 19.4. The molecule has 0 radical (unpaired) electrons. The second-order valence-electron chi connectivity index (χ2n) is 7.31. The number of allylic oxidation sites excluding steroid dienone is 1. The summed E-state index contributed by atoms with van der Waals surface area (Å²) in [6, 6.07) is 8.97. The number of carbonyl (C=O) groups is 1. The molecule has 0 saturated carbocycles. The first-order valence-corrected chi connectivity index (χ1v) is 10.5. The van der Waals surface area contributed by atoms with Crippen LogP contribution in [0.1, 0.15) is 11.6 Å². The van der Waals surface area contributed by atoms with Crippen LogP contribution in [0.2, 0.25) is 0 Å². The van der Waals surface area contributed by atoms with Crippen LogP contribution in [0.5, 0.6) is 17.2 Å². The van der Waals surface area contributed by atoms with Gasteiger partial charge in [0.1, 0.15) is 17.2 Å². The van der Waals surface area contributed by atoms with Crippen molar-refractivity contribution in [3.05, 3.63) is 72.1 Å². The van der Waals surface area contributed by atoms with E-state index in [1.807, 2.05) is 0 Å². The number of benzene rings is 2. The number of halogens is 3. The molecule has 0 aliphatic carbocycles. The monoisotopic (exact) mass is 524 g/mol. The van der Waals surface area contributed by atoms with E-state index in [0.29, 0.717) is 22.7 Å². The maximum absolute atomic E-state index is 13.0. The number of guanidine groups is 1. The number of amides is 1. The SMILES string of the molecule is C=C(O)/C=C(\N=C(/N)Nc1ccc(OC)c(OC)c1)C(=O)NC(COC)c1ccc(OC(F)(F)F)cc1. The van der Waals surface area contributed by atoms with Crippen LogP contribution in [0, 0.1) is 0 Å². The lowest BCUT2D eigenvalue weighted by Gasteiger charge is -2.19. The zero-order valence-electron chi connectivity index (χ0n) is 20.3. The summed E-state index contributed by atoms with van der Waals surface area (Å²) in [5.74, 6) is -0.954. The van der Waals surface area contributed by atoms with Gasteiger partial charge in [0.05, 0.1) is 26.9 Å². The Morgan fingerprint density at radius 2 is 1.78 bits per heavy atom. The Labute approximate surface area is 211 Å². The van der Waals surface area contributed by atoms with Gasteiger partial charge in [-0.2, -0.15) is 0 Å². The van der Waals surface area contributed by atoms with E-state index in [1.165, 1.54) is 33.5 Å².